The third-order valence-electron chi connectivity index (χ3n) is 10.8. The van der Waals surface area contributed by atoms with E-state index in [2.05, 4.69) is 67.8 Å². The Hall–Kier alpha value is -2.05. The van der Waals surface area contributed by atoms with Crippen molar-refractivity contribution in [2.24, 2.45) is 0 Å². The molecule has 0 aromatic carbocycles. The largest absolute Gasteiger partial charge is 0.394 e. The number of amides is 1. The molecule has 14 heteroatoms. The number of ether oxygens (including phenoxy) is 4. The Balaban J connectivity index is 1.80. The highest BCUT2D eigenvalue weighted by Gasteiger charge is 2.51. The van der Waals surface area contributed by atoms with E-state index in [1.54, 1.807) is 0 Å². The third kappa shape index (κ3) is 21.1. The fourth-order valence-electron chi connectivity index (χ4n) is 7.11. The molecule has 2 heterocycles. The van der Waals surface area contributed by atoms with Gasteiger partial charge in [0.15, 0.2) is 12.6 Å². The Morgan fingerprint density at radius 2 is 1.17 bits per heavy atom. The lowest BCUT2D eigenvalue weighted by Gasteiger charge is -2.46. The Kier molecular flexibility index (Phi) is 29.4. The predicted octanol–water partition coefficient (Wildman–Crippen LogP) is 4.15. The molecular weight excluding hydrogens is 762 g/mol. The summed E-state index contributed by atoms with van der Waals surface area (Å²) in [5, 5.41) is 86.2. The minimum absolute atomic E-state index is 0.230. The van der Waals surface area contributed by atoms with Crippen molar-refractivity contribution in [1.29, 1.82) is 0 Å². The van der Waals surface area contributed by atoms with Crippen LogP contribution < -0.4 is 5.32 Å². The molecule has 0 radical (unpaired) electrons. The van der Waals surface area contributed by atoms with Gasteiger partial charge in [0.1, 0.15) is 48.8 Å². The maximum absolute atomic E-state index is 13.1. The molecule has 59 heavy (non-hydrogen) atoms. The van der Waals surface area contributed by atoms with Crippen LogP contribution in [0.3, 0.4) is 0 Å². The molecule has 12 atom stereocenters. The Morgan fingerprint density at radius 1 is 0.627 bits per heavy atom. The van der Waals surface area contributed by atoms with E-state index in [4.69, 9.17) is 18.9 Å². The second-order valence-corrected chi connectivity index (χ2v) is 15.8. The maximum Gasteiger partial charge on any atom is 0.220 e. The van der Waals surface area contributed by atoms with Crippen molar-refractivity contribution in [2.45, 2.75) is 209 Å². The molecule has 0 aliphatic carbocycles. The first kappa shape index (κ1) is 53.1. The lowest BCUT2D eigenvalue weighted by atomic mass is 9.97. The van der Waals surface area contributed by atoms with Gasteiger partial charge in [-0.1, -0.05) is 127 Å². The van der Waals surface area contributed by atoms with E-state index in [1.165, 1.54) is 0 Å². The SMILES string of the molecule is CC/C=C\C/C=C\C/C=C\C/C=C\CCCCCCCCC(=O)NC(COC1OC(CO)C(OC2OC(CO)C(O)C(O)C2O)C(O)C1O)C(O)CCCCCCCC. The summed E-state index contributed by atoms with van der Waals surface area (Å²) in [4.78, 5) is 13.1. The third-order valence-corrected chi connectivity index (χ3v) is 10.8. The number of nitrogens with one attached hydrogen (secondary N) is 1. The fraction of sp³-hybridized carbons (Fsp3) is 0.800. The number of carbonyl (C=O) groups excluding carboxylic acids is 1. The Bertz CT molecular complexity index is 1180. The first-order valence-electron chi connectivity index (χ1n) is 22.4. The highest BCUT2D eigenvalue weighted by molar-refractivity contribution is 5.76. The summed E-state index contributed by atoms with van der Waals surface area (Å²) in [6.45, 7) is 2.62. The summed E-state index contributed by atoms with van der Waals surface area (Å²) >= 11 is 0. The summed E-state index contributed by atoms with van der Waals surface area (Å²) in [6, 6.07) is -0.833. The monoisotopic (exact) mass is 842 g/mol. The van der Waals surface area contributed by atoms with E-state index in [1.807, 2.05) is 0 Å². The number of aliphatic hydroxyl groups is 8. The van der Waals surface area contributed by atoms with Gasteiger partial charge in [-0.3, -0.25) is 4.79 Å². The summed E-state index contributed by atoms with van der Waals surface area (Å²) in [5.41, 5.74) is 0. The average molecular weight is 842 g/mol. The summed E-state index contributed by atoms with van der Waals surface area (Å²) in [6.07, 6.45) is 18.8. The summed E-state index contributed by atoms with van der Waals surface area (Å²) in [7, 11) is 0. The number of hydrogen-bond donors (Lipinski definition) is 9. The molecule has 0 aromatic rings. The average Bonchev–Trinajstić information content (AvgIpc) is 3.23. The molecule has 0 saturated carbocycles. The molecule has 0 aromatic heterocycles. The number of aliphatic hydroxyl groups excluding tert-OH is 8. The maximum atomic E-state index is 13.1. The van der Waals surface area contributed by atoms with Gasteiger partial charge in [0.25, 0.3) is 0 Å². The van der Waals surface area contributed by atoms with E-state index in [0.29, 0.717) is 12.8 Å². The number of allylic oxidation sites excluding steroid dienone is 8. The Labute approximate surface area is 353 Å². The van der Waals surface area contributed by atoms with Crippen molar-refractivity contribution in [2.75, 3.05) is 19.8 Å². The van der Waals surface area contributed by atoms with E-state index in [-0.39, 0.29) is 18.9 Å². The van der Waals surface area contributed by atoms with Gasteiger partial charge in [-0.2, -0.15) is 0 Å². The van der Waals surface area contributed by atoms with Gasteiger partial charge in [-0.05, 0) is 51.4 Å². The van der Waals surface area contributed by atoms with Crippen molar-refractivity contribution < 1.29 is 64.6 Å². The van der Waals surface area contributed by atoms with Crippen molar-refractivity contribution in [3.8, 4) is 0 Å². The van der Waals surface area contributed by atoms with Crippen LogP contribution in [0.25, 0.3) is 0 Å². The minimum atomic E-state index is -1.78. The van der Waals surface area contributed by atoms with Crippen LogP contribution in [0.2, 0.25) is 0 Å². The molecule has 12 unspecified atom stereocenters. The van der Waals surface area contributed by atoms with Gasteiger partial charge in [0.2, 0.25) is 5.91 Å². The number of carbonyl (C=O) groups is 1. The summed E-state index contributed by atoms with van der Waals surface area (Å²) < 4.78 is 22.6. The highest BCUT2D eigenvalue weighted by Crippen LogP contribution is 2.30. The van der Waals surface area contributed by atoms with Crippen molar-refractivity contribution in [3.63, 3.8) is 0 Å². The highest BCUT2D eigenvalue weighted by atomic mass is 16.7. The fourth-order valence-corrected chi connectivity index (χ4v) is 7.11. The van der Waals surface area contributed by atoms with Crippen LogP contribution >= 0.6 is 0 Å². The molecule has 1 amide bonds. The number of hydrogen-bond acceptors (Lipinski definition) is 13. The first-order chi connectivity index (χ1) is 28.6. The van der Waals surface area contributed by atoms with E-state index in [9.17, 15) is 45.6 Å². The number of unbranched alkanes of at least 4 members (excludes halogenated alkanes) is 11. The van der Waals surface area contributed by atoms with Crippen LogP contribution in [-0.4, -0.2) is 140 Å². The van der Waals surface area contributed by atoms with Crippen LogP contribution in [0.4, 0.5) is 0 Å². The topological polar surface area (TPSA) is 228 Å². The van der Waals surface area contributed by atoms with Gasteiger partial charge in [-0.25, -0.2) is 0 Å². The molecule has 0 bridgehead atoms. The minimum Gasteiger partial charge on any atom is -0.394 e. The standard InChI is InChI=1S/C45H79NO13/c1-3-5-7-9-11-12-13-14-15-16-17-18-19-20-21-22-23-25-27-29-37(50)46-33(34(49)28-26-24-10-8-6-4-2)32-56-44-42(55)40(53)43(36(31-48)58-44)59-45-41(54)39(52)38(51)35(30-47)57-45/h5,7,11-12,14-15,17-18,33-36,38-45,47-49,51-55H,3-4,6,8-10,13,16,19-32H2,1-2H3,(H,46,50)/b7-5-,12-11-,15-14-,18-17-. The molecule has 14 nitrogen and oxygen atoms in total. The molecule has 0 spiro atoms. The molecule has 2 aliphatic rings. The molecule has 2 saturated heterocycles. The summed E-state index contributed by atoms with van der Waals surface area (Å²) in [5.74, 6) is -0.230. The normalized spacial score (nSPS) is 29.0. The van der Waals surface area contributed by atoms with Gasteiger partial charge in [-0.15, -0.1) is 0 Å². The first-order valence-corrected chi connectivity index (χ1v) is 22.4. The van der Waals surface area contributed by atoms with Crippen LogP contribution in [0, 0.1) is 0 Å². The zero-order valence-electron chi connectivity index (χ0n) is 35.7. The van der Waals surface area contributed by atoms with Gasteiger partial charge in [0, 0.05) is 6.42 Å². The van der Waals surface area contributed by atoms with Crippen LogP contribution in [0.5, 0.6) is 0 Å². The van der Waals surface area contributed by atoms with Gasteiger partial charge in [0.05, 0.1) is 32.0 Å². The molecule has 9 N–H and O–H groups in total. The second kappa shape index (κ2) is 32.6. The number of rotatable bonds is 32. The van der Waals surface area contributed by atoms with Crippen LogP contribution in [0.15, 0.2) is 48.6 Å². The van der Waals surface area contributed by atoms with Gasteiger partial charge >= 0.3 is 0 Å². The molecule has 2 rings (SSSR count). The lowest BCUT2D eigenvalue weighted by molar-refractivity contribution is -0.359. The zero-order chi connectivity index (χ0) is 43.3. The Morgan fingerprint density at radius 3 is 1.80 bits per heavy atom. The molecular formula is C45H79NO13. The quantitative estimate of drug-likeness (QED) is 0.0343. The lowest BCUT2D eigenvalue weighted by Crippen LogP contribution is -2.65. The van der Waals surface area contributed by atoms with Crippen molar-refractivity contribution >= 4 is 5.91 Å². The predicted molar refractivity (Wildman–Crippen MR) is 226 cm³/mol. The van der Waals surface area contributed by atoms with E-state index < -0.39 is 86.8 Å². The molecule has 2 fully saturated rings. The molecule has 2 aliphatic heterocycles. The van der Waals surface area contributed by atoms with Crippen LogP contribution in [0.1, 0.15) is 136 Å². The van der Waals surface area contributed by atoms with Crippen LogP contribution in [-0.2, 0) is 23.7 Å². The van der Waals surface area contributed by atoms with Gasteiger partial charge < -0.3 is 65.1 Å². The molecule has 342 valence electrons. The van der Waals surface area contributed by atoms with Crippen molar-refractivity contribution in [3.05, 3.63) is 48.6 Å². The smallest absolute Gasteiger partial charge is 0.220 e. The van der Waals surface area contributed by atoms with E-state index in [0.717, 1.165) is 103 Å². The zero-order valence-corrected chi connectivity index (χ0v) is 35.7. The van der Waals surface area contributed by atoms with E-state index >= 15 is 0 Å². The second-order valence-electron chi connectivity index (χ2n) is 15.8. The van der Waals surface area contributed by atoms with Crippen molar-refractivity contribution in [1.82, 2.24) is 5.32 Å².